The van der Waals surface area contributed by atoms with E-state index in [2.05, 4.69) is 83.0 Å². The van der Waals surface area contributed by atoms with E-state index in [4.69, 9.17) is 4.99 Å². The average Bonchev–Trinajstić information content (AvgIpc) is 3.30. The van der Waals surface area contributed by atoms with Crippen molar-refractivity contribution >= 4 is 11.7 Å². The molecule has 0 aromatic heterocycles. The van der Waals surface area contributed by atoms with Gasteiger partial charge in [0.2, 0.25) is 5.91 Å². The molecular weight excluding hydrogens is 418 g/mol. The zero-order chi connectivity index (χ0) is 23.2. The Hall–Kier alpha value is -3.40. The summed E-state index contributed by atoms with van der Waals surface area (Å²) in [6, 6.07) is 31.5. The standard InChI is InChI=1S/C30H33N3O/c34-30(32-26-19-11-4-12-20-26)27-21-31-29(33(27)22-23-13-5-1-6-14-23)28(24-15-7-2-8-16-24)25-17-9-3-10-18-25/h1-3,5-10,13-18,26-28H,4,11-12,19-22H2,(H,32,34). The van der Waals surface area contributed by atoms with Crippen molar-refractivity contribution in [3.05, 3.63) is 108 Å². The van der Waals surface area contributed by atoms with Gasteiger partial charge in [0, 0.05) is 12.6 Å². The number of aliphatic imine (C=N–C) groups is 1. The van der Waals surface area contributed by atoms with Crippen LogP contribution in [0.4, 0.5) is 0 Å². The summed E-state index contributed by atoms with van der Waals surface area (Å²) in [5.41, 5.74) is 3.57. The number of hydrogen-bond donors (Lipinski definition) is 1. The highest BCUT2D eigenvalue weighted by molar-refractivity contribution is 5.98. The molecule has 5 rings (SSSR count). The number of rotatable bonds is 7. The fourth-order valence-corrected chi connectivity index (χ4v) is 5.31. The lowest BCUT2D eigenvalue weighted by Gasteiger charge is -2.33. The summed E-state index contributed by atoms with van der Waals surface area (Å²) in [4.78, 5) is 20.8. The van der Waals surface area contributed by atoms with Gasteiger partial charge in [0.1, 0.15) is 11.9 Å². The molecule has 1 atom stereocenters. The Morgan fingerprint density at radius 1 is 0.824 bits per heavy atom. The van der Waals surface area contributed by atoms with Crippen molar-refractivity contribution in [1.29, 1.82) is 0 Å². The number of carbonyl (C=O) groups excluding carboxylic acids is 1. The number of amidine groups is 1. The first kappa shape index (κ1) is 22.4. The van der Waals surface area contributed by atoms with Crippen LogP contribution in [0, 0.1) is 0 Å². The Morgan fingerprint density at radius 2 is 1.38 bits per heavy atom. The second-order valence-corrected chi connectivity index (χ2v) is 9.43. The van der Waals surface area contributed by atoms with Crippen LogP contribution in [0.1, 0.15) is 54.7 Å². The highest BCUT2D eigenvalue weighted by atomic mass is 16.2. The van der Waals surface area contributed by atoms with Crippen molar-refractivity contribution in [1.82, 2.24) is 10.2 Å². The number of nitrogens with zero attached hydrogens (tertiary/aromatic N) is 2. The van der Waals surface area contributed by atoms with Gasteiger partial charge >= 0.3 is 0 Å². The van der Waals surface area contributed by atoms with E-state index >= 15 is 0 Å². The van der Waals surface area contributed by atoms with E-state index in [1.807, 2.05) is 18.2 Å². The molecule has 4 heteroatoms. The molecule has 0 bridgehead atoms. The summed E-state index contributed by atoms with van der Waals surface area (Å²) in [6.45, 7) is 1.16. The molecule has 1 N–H and O–H groups in total. The van der Waals surface area contributed by atoms with Crippen LogP contribution in [0.5, 0.6) is 0 Å². The van der Waals surface area contributed by atoms with E-state index in [-0.39, 0.29) is 17.9 Å². The smallest absolute Gasteiger partial charge is 0.244 e. The number of benzene rings is 3. The third-order valence-corrected chi connectivity index (χ3v) is 7.07. The van der Waals surface area contributed by atoms with Gasteiger partial charge in [-0.1, -0.05) is 110 Å². The summed E-state index contributed by atoms with van der Waals surface area (Å²) >= 11 is 0. The average molecular weight is 452 g/mol. The normalized spacial score (nSPS) is 18.7. The van der Waals surface area contributed by atoms with Crippen molar-refractivity contribution in [2.75, 3.05) is 6.54 Å². The molecule has 1 heterocycles. The van der Waals surface area contributed by atoms with E-state index in [1.54, 1.807) is 0 Å². The molecule has 0 saturated heterocycles. The van der Waals surface area contributed by atoms with Gasteiger partial charge in [-0.05, 0) is 29.5 Å². The third kappa shape index (κ3) is 5.06. The molecule has 174 valence electrons. The Bertz CT molecular complexity index is 1050. The molecule has 1 amide bonds. The van der Waals surface area contributed by atoms with Gasteiger partial charge in [0.15, 0.2) is 0 Å². The largest absolute Gasteiger partial charge is 0.352 e. The van der Waals surface area contributed by atoms with Gasteiger partial charge in [-0.2, -0.15) is 0 Å². The van der Waals surface area contributed by atoms with Gasteiger partial charge < -0.3 is 10.2 Å². The van der Waals surface area contributed by atoms with E-state index in [1.165, 1.54) is 36.0 Å². The maximum atomic E-state index is 13.5. The number of amides is 1. The molecule has 34 heavy (non-hydrogen) atoms. The molecule has 0 spiro atoms. The van der Waals surface area contributed by atoms with Gasteiger partial charge in [0.05, 0.1) is 12.5 Å². The van der Waals surface area contributed by atoms with E-state index in [9.17, 15) is 4.79 Å². The fraction of sp³-hybridized carbons (Fsp3) is 0.333. The Labute approximate surface area is 202 Å². The summed E-state index contributed by atoms with van der Waals surface area (Å²) in [5, 5.41) is 3.36. The second-order valence-electron chi connectivity index (χ2n) is 9.43. The van der Waals surface area contributed by atoms with Crippen LogP contribution in [0.25, 0.3) is 0 Å². The first-order valence-electron chi connectivity index (χ1n) is 12.5. The lowest BCUT2D eigenvalue weighted by Crippen LogP contribution is -2.51. The molecule has 1 unspecified atom stereocenters. The first-order valence-corrected chi connectivity index (χ1v) is 12.5. The van der Waals surface area contributed by atoms with Crippen LogP contribution < -0.4 is 5.32 Å². The zero-order valence-electron chi connectivity index (χ0n) is 19.6. The molecule has 3 aromatic rings. The van der Waals surface area contributed by atoms with Crippen LogP contribution >= 0.6 is 0 Å². The van der Waals surface area contributed by atoms with Crippen LogP contribution in [-0.4, -0.2) is 35.3 Å². The number of nitrogens with one attached hydrogen (secondary N) is 1. The lowest BCUT2D eigenvalue weighted by molar-refractivity contribution is -0.125. The molecular formula is C30H33N3O. The third-order valence-electron chi connectivity index (χ3n) is 7.07. The highest BCUT2D eigenvalue weighted by Crippen LogP contribution is 2.32. The summed E-state index contributed by atoms with van der Waals surface area (Å²) in [7, 11) is 0. The van der Waals surface area contributed by atoms with Crippen LogP contribution in [0.2, 0.25) is 0 Å². The predicted octanol–water partition coefficient (Wildman–Crippen LogP) is 5.55. The molecule has 1 saturated carbocycles. The van der Waals surface area contributed by atoms with E-state index < -0.39 is 0 Å². The van der Waals surface area contributed by atoms with Crippen LogP contribution in [0.15, 0.2) is 96.0 Å². The van der Waals surface area contributed by atoms with Crippen LogP contribution in [0.3, 0.4) is 0 Å². The van der Waals surface area contributed by atoms with E-state index in [0.29, 0.717) is 19.1 Å². The van der Waals surface area contributed by atoms with Gasteiger partial charge in [-0.3, -0.25) is 9.79 Å². The lowest BCUT2D eigenvalue weighted by atomic mass is 9.89. The summed E-state index contributed by atoms with van der Waals surface area (Å²) in [5.74, 6) is 1.07. The second kappa shape index (κ2) is 10.7. The molecule has 1 fully saturated rings. The van der Waals surface area contributed by atoms with Crippen LogP contribution in [-0.2, 0) is 11.3 Å². The Morgan fingerprint density at radius 3 is 1.97 bits per heavy atom. The van der Waals surface area contributed by atoms with Crippen molar-refractivity contribution in [3.63, 3.8) is 0 Å². The van der Waals surface area contributed by atoms with Gasteiger partial charge in [-0.25, -0.2) is 0 Å². The minimum Gasteiger partial charge on any atom is -0.352 e. The molecule has 0 radical (unpaired) electrons. The number of hydrogen-bond acceptors (Lipinski definition) is 3. The minimum atomic E-state index is -0.285. The van der Waals surface area contributed by atoms with Gasteiger partial charge in [0.25, 0.3) is 0 Å². The molecule has 4 nitrogen and oxygen atoms in total. The topological polar surface area (TPSA) is 44.7 Å². The first-order chi connectivity index (χ1) is 16.8. The molecule has 1 aliphatic heterocycles. The fourth-order valence-electron chi connectivity index (χ4n) is 5.31. The van der Waals surface area contributed by atoms with Gasteiger partial charge in [-0.15, -0.1) is 0 Å². The highest BCUT2D eigenvalue weighted by Gasteiger charge is 2.38. The quantitative estimate of drug-likeness (QED) is 0.512. The van der Waals surface area contributed by atoms with Crippen molar-refractivity contribution in [2.24, 2.45) is 4.99 Å². The maximum Gasteiger partial charge on any atom is 0.244 e. The SMILES string of the molecule is O=C(NC1CCCCC1)C1CN=C(C(c2ccccc2)c2ccccc2)N1Cc1ccccc1. The predicted molar refractivity (Wildman–Crippen MR) is 138 cm³/mol. The number of carbonyl (C=O) groups is 1. The van der Waals surface area contributed by atoms with Crippen molar-refractivity contribution in [2.45, 2.75) is 56.7 Å². The summed E-state index contributed by atoms with van der Waals surface area (Å²) < 4.78 is 0. The van der Waals surface area contributed by atoms with Crippen molar-refractivity contribution < 1.29 is 4.79 Å². The maximum absolute atomic E-state index is 13.5. The molecule has 1 aliphatic carbocycles. The monoisotopic (exact) mass is 451 g/mol. The van der Waals surface area contributed by atoms with E-state index in [0.717, 1.165) is 18.7 Å². The Kier molecular flexibility index (Phi) is 7.04. The minimum absolute atomic E-state index is 0.0152. The molecule has 2 aliphatic rings. The Balaban J connectivity index is 1.48. The molecule has 3 aromatic carbocycles. The summed E-state index contributed by atoms with van der Waals surface area (Å²) in [6.07, 6.45) is 5.85. The zero-order valence-corrected chi connectivity index (χ0v) is 19.6. The van der Waals surface area contributed by atoms with Crippen molar-refractivity contribution in [3.8, 4) is 0 Å².